The normalized spacial score (nSPS) is 20.4. The molecule has 2 fully saturated rings. The first-order chi connectivity index (χ1) is 13.2. The van der Waals surface area contributed by atoms with Crippen molar-refractivity contribution in [3.05, 3.63) is 35.6 Å². The number of aliphatic imine (C=N–C) groups is 1. The largest absolute Gasteiger partial charge is 0.379 e. The van der Waals surface area contributed by atoms with Gasteiger partial charge in [0.25, 0.3) is 0 Å². The summed E-state index contributed by atoms with van der Waals surface area (Å²) in [7, 11) is 0. The minimum absolute atomic E-state index is 0. The van der Waals surface area contributed by atoms with E-state index in [4.69, 9.17) is 10.5 Å². The van der Waals surface area contributed by atoms with Crippen LogP contribution in [0, 0.1) is 5.82 Å². The van der Waals surface area contributed by atoms with E-state index in [1.54, 1.807) is 12.1 Å². The highest BCUT2D eigenvalue weighted by Gasteiger charge is 2.34. The number of benzene rings is 1. The molecule has 0 spiro atoms. The Morgan fingerprint density at radius 2 is 1.96 bits per heavy atom. The molecular weight excluding hydrogens is 470 g/mol. The minimum Gasteiger partial charge on any atom is -0.379 e. The number of nitrogens with two attached hydrogens (primary N) is 1. The van der Waals surface area contributed by atoms with E-state index in [1.165, 1.54) is 25.3 Å². The van der Waals surface area contributed by atoms with Gasteiger partial charge in [-0.3, -0.25) is 9.89 Å². The molecule has 1 aromatic rings. The number of nitrogens with one attached hydrogen (secondary N) is 1. The van der Waals surface area contributed by atoms with Crippen molar-refractivity contribution in [1.82, 2.24) is 10.2 Å². The van der Waals surface area contributed by atoms with Crippen LogP contribution in [0.4, 0.5) is 4.39 Å². The average Bonchev–Trinajstić information content (AvgIpc) is 2.71. The van der Waals surface area contributed by atoms with Gasteiger partial charge in [0, 0.05) is 25.0 Å². The third kappa shape index (κ3) is 6.84. The summed E-state index contributed by atoms with van der Waals surface area (Å²) in [4.78, 5) is 7.05. The van der Waals surface area contributed by atoms with Gasteiger partial charge < -0.3 is 15.8 Å². The van der Waals surface area contributed by atoms with Gasteiger partial charge in [-0.05, 0) is 43.5 Å². The monoisotopic (exact) mass is 504 g/mol. The predicted octanol–water partition coefficient (Wildman–Crippen LogP) is 3.27. The van der Waals surface area contributed by atoms with Gasteiger partial charge >= 0.3 is 0 Å². The van der Waals surface area contributed by atoms with Crippen LogP contribution in [0.1, 0.15) is 44.1 Å². The maximum absolute atomic E-state index is 13.8. The van der Waals surface area contributed by atoms with E-state index in [-0.39, 0.29) is 35.2 Å². The molecule has 7 heteroatoms. The van der Waals surface area contributed by atoms with E-state index in [2.05, 4.69) is 15.2 Å². The zero-order valence-corrected chi connectivity index (χ0v) is 19.0. The summed E-state index contributed by atoms with van der Waals surface area (Å²) in [6.07, 6.45) is 6.70. The molecule has 5 nitrogen and oxygen atoms in total. The average molecular weight is 504 g/mol. The minimum atomic E-state index is -0.171. The molecule has 1 aromatic carbocycles. The Kier molecular flexibility index (Phi) is 9.94. The van der Waals surface area contributed by atoms with Crippen LogP contribution in [0.25, 0.3) is 0 Å². The lowest BCUT2D eigenvalue weighted by Crippen LogP contribution is -2.40. The molecular formula is C21H34FIN4O. The van der Waals surface area contributed by atoms with Crippen molar-refractivity contribution >= 4 is 29.9 Å². The third-order valence-corrected chi connectivity index (χ3v) is 5.86. The molecule has 0 amide bonds. The molecule has 0 radical (unpaired) electrons. The van der Waals surface area contributed by atoms with Crippen LogP contribution in [0.2, 0.25) is 0 Å². The van der Waals surface area contributed by atoms with Crippen molar-refractivity contribution in [2.75, 3.05) is 45.9 Å². The molecule has 3 N–H and O–H groups in total. The second-order valence-corrected chi connectivity index (χ2v) is 7.79. The Labute approximate surface area is 185 Å². The van der Waals surface area contributed by atoms with Gasteiger partial charge in [-0.1, -0.05) is 31.4 Å². The maximum atomic E-state index is 13.8. The number of nitrogens with zero attached hydrogens (tertiary/aromatic N) is 2. The Balaban J connectivity index is 0.00000280. The SMILES string of the molecule is I.NC(=NCC1(c2cccc(F)c2)CCCCC1)NCCCN1CCOCC1. The van der Waals surface area contributed by atoms with Gasteiger partial charge in [0.15, 0.2) is 5.96 Å². The van der Waals surface area contributed by atoms with Crippen LogP contribution in [0.3, 0.4) is 0 Å². The highest BCUT2D eigenvalue weighted by atomic mass is 127. The van der Waals surface area contributed by atoms with Gasteiger partial charge in [0.1, 0.15) is 5.82 Å². The summed E-state index contributed by atoms with van der Waals surface area (Å²) in [5, 5.41) is 3.24. The van der Waals surface area contributed by atoms with Crippen LogP contribution in [-0.4, -0.2) is 56.8 Å². The van der Waals surface area contributed by atoms with Crippen LogP contribution >= 0.6 is 24.0 Å². The molecule has 3 rings (SSSR count). The summed E-state index contributed by atoms with van der Waals surface area (Å²) >= 11 is 0. The summed E-state index contributed by atoms with van der Waals surface area (Å²) in [6.45, 7) is 6.19. The standard InChI is InChI=1S/C21H33FN4O.HI/c22-19-7-4-6-18(16-19)21(8-2-1-3-9-21)17-25-20(23)24-10-5-11-26-12-14-27-15-13-26;/h4,6-7,16H,1-3,5,8-15,17H2,(H3,23,24,25);1H. The number of hydrogen-bond acceptors (Lipinski definition) is 3. The van der Waals surface area contributed by atoms with Crippen molar-refractivity contribution in [3.8, 4) is 0 Å². The number of hydrogen-bond donors (Lipinski definition) is 2. The number of morpholine rings is 1. The van der Waals surface area contributed by atoms with Crippen molar-refractivity contribution in [1.29, 1.82) is 0 Å². The Morgan fingerprint density at radius 3 is 2.68 bits per heavy atom. The molecule has 1 saturated heterocycles. The van der Waals surface area contributed by atoms with Crippen LogP contribution in [-0.2, 0) is 10.2 Å². The van der Waals surface area contributed by atoms with Crippen molar-refractivity contribution in [2.24, 2.45) is 10.7 Å². The highest BCUT2D eigenvalue weighted by Crippen LogP contribution is 2.39. The van der Waals surface area contributed by atoms with Crippen LogP contribution in [0.15, 0.2) is 29.3 Å². The summed E-state index contributed by atoms with van der Waals surface area (Å²) in [5.74, 6) is 0.328. The van der Waals surface area contributed by atoms with Crippen molar-refractivity contribution < 1.29 is 9.13 Å². The van der Waals surface area contributed by atoms with Gasteiger partial charge in [0.2, 0.25) is 0 Å². The number of guanidine groups is 1. The van der Waals surface area contributed by atoms with Gasteiger partial charge in [-0.15, -0.1) is 24.0 Å². The third-order valence-electron chi connectivity index (χ3n) is 5.86. The Hall–Kier alpha value is -0.930. The van der Waals surface area contributed by atoms with E-state index >= 15 is 0 Å². The summed E-state index contributed by atoms with van der Waals surface area (Å²) < 4.78 is 19.1. The van der Waals surface area contributed by atoms with Gasteiger partial charge in [-0.2, -0.15) is 0 Å². The van der Waals surface area contributed by atoms with Gasteiger partial charge in [0.05, 0.1) is 19.8 Å². The fourth-order valence-corrected chi connectivity index (χ4v) is 4.22. The first-order valence-electron chi connectivity index (χ1n) is 10.3. The number of ether oxygens (including phenoxy) is 1. The number of rotatable bonds is 7. The van der Waals surface area contributed by atoms with E-state index in [0.717, 1.165) is 64.2 Å². The molecule has 0 bridgehead atoms. The molecule has 0 aromatic heterocycles. The quantitative estimate of drug-likeness (QED) is 0.259. The zero-order chi connectivity index (χ0) is 19.0. The summed E-state index contributed by atoms with van der Waals surface area (Å²) in [6, 6.07) is 7.02. The lowest BCUT2D eigenvalue weighted by Gasteiger charge is -2.36. The first-order valence-corrected chi connectivity index (χ1v) is 10.3. The van der Waals surface area contributed by atoms with E-state index in [0.29, 0.717) is 12.5 Å². The smallest absolute Gasteiger partial charge is 0.188 e. The van der Waals surface area contributed by atoms with Crippen LogP contribution < -0.4 is 11.1 Å². The lowest BCUT2D eigenvalue weighted by molar-refractivity contribution is 0.0376. The molecule has 1 saturated carbocycles. The van der Waals surface area contributed by atoms with Crippen molar-refractivity contribution in [3.63, 3.8) is 0 Å². The fourth-order valence-electron chi connectivity index (χ4n) is 4.22. The molecule has 28 heavy (non-hydrogen) atoms. The predicted molar refractivity (Wildman–Crippen MR) is 123 cm³/mol. The van der Waals surface area contributed by atoms with E-state index < -0.39 is 0 Å². The molecule has 0 unspecified atom stereocenters. The molecule has 158 valence electrons. The summed E-state index contributed by atoms with van der Waals surface area (Å²) in [5.41, 5.74) is 7.09. The number of halogens is 2. The van der Waals surface area contributed by atoms with Gasteiger partial charge in [-0.25, -0.2) is 4.39 Å². The van der Waals surface area contributed by atoms with Crippen molar-refractivity contribution in [2.45, 2.75) is 43.9 Å². The van der Waals surface area contributed by atoms with E-state index in [9.17, 15) is 4.39 Å². The Morgan fingerprint density at radius 1 is 1.21 bits per heavy atom. The molecule has 1 heterocycles. The molecule has 1 aliphatic carbocycles. The topological polar surface area (TPSA) is 62.9 Å². The molecule has 0 atom stereocenters. The van der Waals surface area contributed by atoms with Crippen LogP contribution in [0.5, 0.6) is 0 Å². The second-order valence-electron chi connectivity index (χ2n) is 7.79. The highest BCUT2D eigenvalue weighted by molar-refractivity contribution is 14.0. The second kappa shape index (κ2) is 11.9. The Bertz CT molecular complexity index is 616. The first kappa shape index (κ1) is 23.3. The lowest BCUT2D eigenvalue weighted by atomic mass is 9.69. The fraction of sp³-hybridized carbons (Fsp3) is 0.667. The van der Waals surface area contributed by atoms with E-state index in [1.807, 2.05) is 6.07 Å². The maximum Gasteiger partial charge on any atom is 0.188 e. The molecule has 1 aliphatic heterocycles. The zero-order valence-electron chi connectivity index (χ0n) is 16.7. The molecule has 2 aliphatic rings.